The molecule has 0 bridgehead atoms. The standard InChI is InChI=1S/C22H21N3O4S/c1-13-4-9-18(14(2)10-13)24-20(27)12-25-21(28)19(30-22(25)29)11-16-5-7-17(8-6-16)23-15(3)26/h4-11H,12H2,1-3H3,(H,23,26)(H,24,27)/b19-11-. The number of hydrogen-bond acceptors (Lipinski definition) is 5. The summed E-state index contributed by atoms with van der Waals surface area (Å²) in [6, 6.07) is 12.5. The molecule has 8 heteroatoms. The number of anilines is 2. The van der Waals surface area contributed by atoms with Crippen molar-refractivity contribution in [2.24, 2.45) is 0 Å². The van der Waals surface area contributed by atoms with Crippen LogP contribution in [0.1, 0.15) is 23.6 Å². The summed E-state index contributed by atoms with van der Waals surface area (Å²) >= 11 is 0.794. The Morgan fingerprint density at radius 2 is 1.73 bits per heavy atom. The molecule has 7 nitrogen and oxygen atoms in total. The third-order valence-electron chi connectivity index (χ3n) is 4.36. The molecule has 1 saturated heterocycles. The smallest absolute Gasteiger partial charge is 0.294 e. The Kier molecular flexibility index (Phi) is 6.37. The van der Waals surface area contributed by atoms with E-state index < -0.39 is 17.1 Å². The van der Waals surface area contributed by atoms with Crippen molar-refractivity contribution in [3.05, 3.63) is 64.1 Å². The average Bonchev–Trinajstić information content (AvgIpc) is 2.92. The van der Waals surface area contributed by atoms with Crippen LogP contribution in [0.3, 0.4) is 0 Å². The molecule has 1 fully saturated rings. The minimum Gasteiger partial charge on any atom is -0.326 e. The number of thioether (sulfide) groups is 1. The van der Waals surface area contributed by atoms with Crippen molar-refractivity contribution in [2.45, 2.75) is 20.8 Å². The third kappa shape index (κ3) is 5.15. The van der Waals surface area contributed by atoms with Crippen LogP contribution in [-0.2, 0) is 14.4 Å². The fraction of sp³-hybridized carbons (Fsp3) is 0.182. The fourth-order valence-electron chi connectivity index (χ4n) is 2.94. The lowest BCUT2D eigenvalue weighted by Crippen LogP contribution is -2.36. The van der Waals surface area contributed by atoms with E-state index in [1.165, 1.54) is 6.92 Å². The minimum atomic E-state index is -0.508. The highest BCUT2D eigenvalue weighted by Gasteiger charge is 2.36. The van der Waals surface area contributed by atoms with Crippen LogP contribution in [0.25, 0.3) is 6.08 Å². The molecule has 1 aliphatic heterocycles. The molecule has 0 radical (unpaired) electrons. The average molecular weight is 423 g/mol. The molecular formula is C22H21N3O4S. The number of nitrogens with zero attached hydrogens (tertiary/aromatic N) is 1. The van der Waals surface area contributed by atoms with Crippen molar-refractivity contribution in [2.75, 3.05) is 17.2 Å². The van der Waals surface area contributed by atoms with Crippen LogP contribution < -0.4 is 10.6 Å². The zero-order valence-electron chi connectivity index (χ0n) is 16.8. The van der Waals surface area contributed by atoms with Crippen LogP contribution >= 0.6 is 11.8 Å². The summed E-state index contributed by atoms with van der Waals surface area (Å²) in [5.74, 6) is -1.13. The van der Waals surface area contributed by atoms with Gasteiger partial charge in [-0.3, -0.25) is 24.1 Å². The number of aryl methyl sites for hydroxylation is 2. The van der Waals surface area contributed by atoms with Crippen LogP contribution in [0.2, 0.25) is 0 Å². The first-order valence-corrected chi connectivity index (χ1v) is 10.0. The number of hydrogen-bond donors (Lipinski definition) is 2. The topological polar surface area (TPSA) is 95.6 Å². The third-order valence-corrected chi connectivity index (χ3v) is 5.27. The molecule has 1 aliphatic rings. The molecule has 3 rings (SSSR count). The second kappa shape index (κ2) is 8.96. The lowest BCUT2D eigenvalue weighted by molar-refractivity contribution is -0.127. The number of carbonyl (C=O) groups excluding carboxylic acids is 4. The molecule has 0 spiro atoms. The van der Waals surface area contributed by atoms with E-state index in [0.29, 0.717) is 16.9 Å². The Bertz CT molecular complexity index is 1060. The molecular weight excluding hydrogens is 402 g/mol. The SMILES string of the molecule is CC(=O)Nc1ccc(/C=C2\SC(=O)N(CC(=O)Nc3ccc(C)cc3C)C2=O)cc1. The first-order valence-electron chi connectivity index (χ1n) is 9.23. The lowest BCUT2D eigenvalue weighted by atomic mass is 10.1. The Balaban J connectivity index is 1.67. The molecule has 4 amide bonds. The van der Waals surface area contributed by atoms with Crippen molar-refractivity contribution in [3.8, 4) is 0 Å². The number of rotatable bonds is 5. The van der Waals surface area contributed by atoms with Gasteiger partial charge in [-0.15, -0.1) is 0 Å². The van der Waals surface area contributed by atoms with E-state index in [2.05, 4.69) is 10.6 Å². The maximum Gasteiger partial charge on any atom is 0.294 e. The van der Waals surface area contributed by atoms with Crippen LogP contribution in [0.15, 0.2) is 47.4 Å². The second-order valence-electron chi connectivity index (χ2n) is 6.94. The van der Waals surface area contributed by atoms with Gasteiger partial charge in [-0.05, 0) is 61.0 Å². The molecule has 2 N–H and O–H groups in total. The van der Waals surface area contributed by atoms with E-state index in [9.17, 15) is 19.2 Å². The fourth-order valence-corrected chi connectivity index (χ4v) is 3.78. The van der Waals surface area contributed by atoms with Gasteiger partial charge in [-0.1, -0.05) is 29.8 Å². The van der Waals surface area contributed by atoms with Gasteiger partial charge in [0.15, 0.2) is 0 Å². The van der Waals surface area contributed by atoms with Gasteiger partial charge in [0.1, 0.15) is 6.54 Å². The number of nitrogens with one attached hydrogen (secondary N) is 2. The molecule has 0 atom stereocenters. The van der Waals surface area contributed by atoms with Gasteiger partial charge >= 0.3 is 0 Å². The molecule has 1 heterocycles. The van der Waals surface area contributed by atoms with Crippen molar-refractivity contribution in [1.82, 2.24) is 4.90 Å². The summed E-state index contributed by atoms with van der Waals surface area (Å²) in [4.78, 5) is 49.5. The minimum absolute atomic E-state index is 0.178. The predicted molar refractivity (Wildman–Crippen MR) is 118 cm³/mol. The van der Waals surface area contributed by atoms with E-state index in [1.807, 2.05) is 26.0 Å². The van der Waals surface area contributed by atoms with Crippen LogP contribution in [0, 0.1) is 13.8 Å². The van der Waals surface area contributed by atoms with E-state index >= 15 is 0 Å². The molecule has 30 heavy (non-hydrogen) atoms. The number of benzene rings is 2. The first-order chi connectivity index (χ1) is 14.2. The van der Waals surface area contributed by atoms with Gasteiger partial charge < -0.3 is 10.6 Å². The maximum absolute atomic E-state index is 12.6. The Labute approximate surface area is 178 Å². The summed E-state index contributed by atoms with van der Waals surface area (Å²) in [7, 11) is 0. The number of amides is 4. The summed E-state index contributed by atoms with van der Waals surface area (Å²) in [6.07, 6.45) is 1.59. The summed E-state index contributed by atoms with van der Waals surface area (Å²) < 4.78 is 0. The Morgan fingerprint density at radius 3 is 2.37 bits per heavy atom. The number of imide groups is 1. The maximum atomic E-state index is 12.6. The normalized spacial score (nSPS) is 14.9. The zero-order valence-corrected chi connectivity index (χ0v) is 17.6. The van der Waals surface area contributed by atoms with E-state index in [4.69, 9.17) is 0 Å². The van der Waals surface area contributed by atoms with E-state index in [-0.39, 0.29) is 17.4 Å². The highest BCUT2D eigenvalue weighted by atomic mass is 32.2. The molecule has 0 aromatic heterocycles. The second-order valence-corrected chi connectivity index (χ2v) is 7.93. The van der Waals surface area contributed by atoms with E-state index in [1.54, 1.807) is 36.4 Å². The van der Waals surface area contributed by atoms with Gasteiger partial charge in [0.05, 0.1) is 4.91 Å². The van der Waals surface area contributed by atoms with Gasteiger partial charge in [-0.25, -0.2) is 0 Å². The molecule has 154 valence electrons. The quantitative estimate of drug-likeness (QED) is 0.711. The lowest BCUT2D eigenvalue weighted by Gasteiger charge is -2.14. The molecule has 0 saturated carbocycles. The zero-order chi connectivity index (χ0) is 21.8. The van der Waals surface area contributed by atoms with Crippen molar-refractivity contribution >= 4 is 52.2 Å². The van der Waals surface area contributed by atoms with Gasteiger partial charge in [0.25, 0.3) is 11.1 Å². The summed E-state index contributed by atoms with van der Waals surface area (Å²) in [5, 5.41) is 4.91. The Morgan fingerprint density at radius 1 is 1.03 bits per heavy atom. The summed E-state index contributed by atoms with van der Waals surface area (Å²) in [6.45, 7) is 4.90. The molecule has 0 unspecified atom stereocenters. The highest BCUT2D eigenvalue weighted by Crippen LogP contribution is 2.32. The van der Waals surface area contributed by atoms with Crippen molar-refractivity contribution in [3.63, 3.8) is 0 Å². The van der Waals surface area contributed by atoms with Gasteiger partial charge in [0, 0.05) is 18.3 Å². The molecule has 2 aromatic carbocycles. The van der Waals surface area contributed by atoms with Crippen molar-refractivity contribution in [1.29, 1.82) is 0 Å². The van der Waals surface area contributed by atoms with Gasteiger partial charge in [0.2, 0.25) is 11.8 Å². The first kappa shape index (κ1) is 21.3. The van der Waals surface area contributed by atoms with Gasteiger partial charge in [-0.2, -0.15) is 0 Å². The number of carbonyl (C=O) groups is 4. The largest absolute Gasteiger partial charge is 0.326 e. The summed E-state index contributed by atoms with van der Waals surface area (Å²) in [5.41, 5.74) is 3.96. The van der Waals surface area contributed by atoms with Crippen LogP contribution in [-0.4, -0.2) is 34.4 Å². The van der Waals surface area contributed by atoms with Crippen LogP contribution in [0.4, 0.5) is 16.2 Å². The van der Waals surface area contributed by atoms with Crippen molar-refractivity contribution < 1.29 is 19.2 Å². The van der Waals surface area contributed by atoms with Crippen LogP contribution in [0.5, 0.6) is 0 Å². The molecule has 2 aromatic rings. The molecule has 0 aliphatic carbocycles. The predicted octanol–water partition coefficient (Wildman–Crippen LogP) is 3.94. The van der Waals surface area contributed by atoms with E-state index in [0.717, 1.165) is 27.8 Å². The monoisotopic (exact) mass is 423 g/mol. The highest BCUT2D eigenvalue weighted by molar-refractivity contribution is 8.18. The Hall–Kier alpha value is -3.39.